The molecule has 18 heavy (non-hydrogen) atoms. The molecule has 3 heteroatoms. The first-order chi connectivity index (χ1) is 8.90. The van der Waals surface area contributed by atoms with Gasteiger partial charge < -0.3 is 10.4 Å². The van der Waals surface area contributed by atoms with E-state index in [1.807, 2.05) is 11.8 Å². The lowest BCUT2D eigenvalue weighted by atomic mass is 9.88. The van der Waals surface area contributed by atoms with Gasteiger partial charge in [0.15, 0.2) is 0 Å². The molecule has 0 saturated carbocycles. The van der Waals surface area contributed by atoms with Gasteiger partial charge in [0.2, 0.25) is 0 Å². The van der Waals surface area contributed by atoms with E-state index < -0.39 is 0 Å². The van der Waals surface area contributed by atoms with Crippen LogP contribution in [0.25, 0.3) is 0 Å². The smallest absolute Gasteiger partial charge is 0.0438 e. The second kappa shape index (κ2) is 7.82. The van der Waals surface area contributed by atoms with Crippen LogP contribution in [0.1, 0.15) is 24.0 Å². The molecule has 1 aromatic carbocycles. The third-order valence-corrected chi connectivity index (χ3v) is 4.54. The number of nitrogens with one attached hydrogen (secondary N) is 1. The number of rotatable bonds is 7. The molecule has 0 aromatic heterocycles. The first kappa shape index (κ1) is 13.9. The number of aliphatic hydroxyl groups is 1. The Kier molecular flexibility index (Phi) is 6.05. The summed E-state index contributed by atoms with van der Waals surface area (Å²) in [6, 6.07) is 9.46. The van der Waals surface area contributed by atoms with E-state index in [-0.39, 0.29) is 0 Å². The van der Waals surface area contributed by atoms with E-state index in [1.165, 1.54) is 30.4 Å². The second-order valence-electron chi connectivity index (χ2n) is 4.85. The van der Waals surface area contributed by atoms with E-state index in [0.717, 1.165) is 24.5 Å². The quantitative estimate of drug-likeness (QED) is 0.742. The van der Waals surface area contributed by atoms with Crippen LogP contribution in [-0.4, -0.2) is 35.8 Å². The van der Waals surface area contributed by atoms with Crippen LogP contribution >= 0.6 is 11.8 Å². The van der Waals surface area contributed by atoms with E-state index in [4.69, 9.17) is 5.11 Å². The zero-order valence-electron chi connectivity index (χ0n) is 10.9. The van der Waals surface area contributed by atoms with Crippen LogP contribution in [0.4, 0.5) is 0 Å². The number of thioether (sulfide) groups is 1. The van der Waals surface area contributed by atoms with E-state index in [0.29, 0.717) is 12.6 Å². The second-order valence-corrected chi connectivity index (χ2v) is 6.08. The summed E-state index contributed by atoms with van der Waals surface area (Å²) in [6.07, 6.45) is 4.57. The molecule has 2 rings (SSSR count). The van der Waals surface area contributed by atoms with E-state index in [1.54, 1.807) is 0 Å². The van der Waals surface area contributed by atoms with Crippen molar-refractivity contribution in [3.05, 3.63) is 35.4 Å². The molecule has 1 aromatic rings. The Morgan fingerprint density at radius 1 is 1.22 bits per heavy atom. The number of fused-ring (bicyclic) bond motifs is 1. The minimum absolute atomic E-state index is 0.319. The molecule has 0 radical (unpaired) electrons. The molecular weight excluding hydrogens is 242 g/mol. The van der Waals surface area contributed by atoms with E-state index in [2.05, 4.69) is 29.6 Å². The third-order valence-electron chi connectivity index (χ3n) is 3.47. The Morgan fingerprint density at radius 2 is 2.06 bits per heavy atom. The van der Waals surface area contributed by atoms with Crippen LogP contribution in [0.3, 0.4) is 0 Å². The van der Waals surface area contributed by atoms with Crippen LogP contribution in [0.5, 0.6) is 0 Å². The summed E-state index contributed by atoms with van der Waals surface area (Å²) in [5.41, 5.74) is 3.06. The van der Waals surface area contributed by atoms with Crippen molar-refractivity contribution in [3.63, 3.8) is 0 Å². The summed E-state index contributed by atoms with van der Waals surface area (Å²) in [5, 5.41) is 12.3. The van der Waals surface area contributed by atoms with Crippen LogP contribution in [0.2, 0.25) is 0 Å². The summed E-state index contributed by atoms with van der Waals surface area (Å²) in [6.45, 7) is 1.41. The maximum Gasteiger partial charge on any atom is 0.0438 e. The van der Waals surface area contributed by atoms with Crippen molar-refractivity contribution in [2.75, 3.05) is 24.7 Å². The Morgan fingerprint density at radius 3 is 2.89 bits per heavy atom. The van der Waals surface area contributed by atoms with Crippen molar-refractivity contribution in [1.82, 2.24) is 5.32 Å². The van der Waals surface area contributed by atoms with Crippen molar-refractivity contribution < 1.29 is 5.11 Å². The van der Waals surface area contributed by atoms with E-state index in [9.17, 15) is 0 Å². The van der Waals surface area contributed by atoms with Gasteiger partial charge in [0.05, 0.1) is 0 Å². The zero-order chi connectivity index (χ0) is 12.6. The number of aryl methyl sites for hydroxylation is 1. The SMILES string of the molecule is OCCCSCCNC1CCc2ccccc2C1. The van der Waals surface area contributed by atoms with Gasteiger partial charge in [0.25, 0.3) is 0 Å². The Balaban J connectivity index is 1.64. The van der Waals surface area contributed by atoms with Gasteiger partial charge in [0.1, 0.15) is 0 Å². The van der Waals surface area contributed by atoms with Gasteiger partial charge in [-0.05, 0) is 42.6 Å². The van der Waals surface area contributed by atoms with Crippen molar-refractivity contribution in [2.45, 2.75) is 31.7 Å². The Bertz CT molecular complexity index is 356. The lowest BCUT2D eigenvalue weighted by molar-refractivity contribution is 0.296. The fourth-order valence-electron chi connectivity index (χ4n) is 2.48. The molecule has 0 saturated heterocycles. The molecule has 1 unspecified atom stereocenters. The lowest BCUT2D eigenvalue weighted by Crippen LogP contribution is -2.35. The van der Waals surface area contributed by atoms with Crippen LogP contribution in [0.15, 0.2) is 24.3 Å². The zero-order valence-corrected chi connectivity index (χ0v) is 11.7. The summed E-state index contributed by atoms with van der Waals surface area (Å²) < 4.78 is 0. The van der Waals surface area contributed by atoms with Gasteiger partial charge in [-0.3, -0.25) is 0 Å². The molecule has 0 bridgehead atoms. The Labute approximate surface area is 114 Å². The maximum atomic E-state index is 8.69. The predicted octanol–water partition coefficient (Wildman–Crippen LogP) is 2.25. The van der Waals surface area contributed by atoms with Crippen LogP contribution in [0, 0.1) is 0 Å². The van der Waals surface area contributed by atoms with Gasteiger partial charge >= 0.3 is 0 Å². The van der Waals surface area contributed by atoms with Crippen LogP contribution in [-0.2, 0) is 12.8 Å². The third kappa shape index (κ3) is 4.30. The number of aliphatic hydroxyl groups excluding tert-OH is 1. The highest BCUT2D eigenvalue weighted by Crippen LogP contribution is 2.20. The normalized spacial score (nSPS) is 18.6. The molecule has 2 nitrogen and oxygen atoms in total. The number of hydrogen-bond donors (Lipinski definition) is 2. The highest BCUT2D eigenvalue weighted by atomic mass is 32.2. The summed E-state index contributed by atoms with van der Waals surface area (Å²) in [4.78, 5) is 0. The van der Waals surface area contributed by atoms with Gasteiger partial charge in [-0.15, -0.1) is 0 Å². The van der Waals surface area contributed by atoms with E-state index >= 15 is 0 Å². The van der Waals surface area contributed by atoms with Gasteiger partial charge in [-0.2, -0.15) is 11.8 Å². The monoisotopic (exact) mass is 265 g/mol. The largest absolute Gasteiger partial charge is 0.396 e. The van der Waals surface area contributed by atoms with Gasteiger partial charge in [0, 0.05) is 24.9 Å². The van der Waals surface area contributed by atoms with Crippen molar-refractivity contribution in [1.29, 1.82) is 0 Å². The summed E-state index contributed by atoms with van der Waals surface area (Å²) in [7, 11) is 0. The minimum atomic E-state index is 0.319. The molecule has 0 amide bonds. The first-order valence-electron chi connectivity index (χ1n) is 6.89. The molecule has 0 spiro atoms. The molecule has 1 atom stereocenters. The maximum absolute atomic E-state index is 8.69. The standard InChI is InChI=1S/C15H23NOS/c17-9-3-10-18-11-8-16-15-7-6-13-4-1-2-5-14(13)12-15/h1-2,4-5,15-17H,3,6-12H2. The summed E-state index contributed by atoms with van der Waals surface area (Å²) >= 11 is 1.93. The average Bonchev–Trinajstić information content (AvgIpc) is 2.42. The summed E-state index contributed by atoms with van der Waals surface area (Å²) in [5.74, 6) is 2.23. The fourth-order valence-corrected chi connectivity index (χ4v) is 3.28. The van der Waals surface area contributed by atoms with Crippen molar-refractivity contribution >= 4 is 11.8 Å². The molecule has 0 heterocycles. The van der Waals surface area contributed by atoms with Crippen molar-refractivity contribution in [3.8, 4) is 0 Å². The first-order valence-corrected chi connectivity index (χ1v) is 8.04. The fraction of sp³-hybridized carbons (Fsp3) is 0.600. The molecule has 0 fully saturated rings. The molecule has 1 aliphatic carbocycles. The lowest BCUT2D eigenvalue weighted by Gasteiger charge is -2.25. The van der Waals surface area contributed by atoms with Crippen LogP contribution < -0.4 is 5.32 Å². The molecule has 2 N–H and O–H groups in total. The number of benzene rings is 1. The Hall–Kier alpha value is -0.510. The number of hydrogen-bond acceptors (Lipinski definition) is 3. The van der Waals surface area contributed by atoms with Crippen molar-refractivity contribution in [2.24, 2.45) is 0 Å². The highest BCUT2D eigenvalue weighted by Gasteiger charge is 2.16. The molecule has 0 aliphatic heterocycles. The molecular formula is C15H23NOS. The molecule has 100 valence electrons. The predicted molar refractivity (Wildman–Crippen MR) is 79.3 cm³/mol. The highest BCUT2D eigenvalue weighted by molar-refractivity contribution is 7.99. The molecule has 1 aliphatic rings. The van der Waals surface area contributed by atoms with Gasteiger partial charge in [-0.25, -0.2) is 0 Å². The minimum Gasteiger partial charge on any atom is -0.396 e. The topological polar surface area (TPSA) is 32.3 Å². The van der Waals surface area contributed by atoms with Gasteiger partial charge in [-0.1, -0.05) is 24.3 Å². The average molecular weight is 265 g/mol.